The van der Waals surface area contributed by atoms with Crippen LogP contribution in [0.3, 0.4) is 0 Å². The van der Waals surface area contributed by atoms with E-state index >= 15 is 0 Å². The molecule has 3 aromatic rings. The van der Waals surface area contributed by atoms with Gasteiger partial charge >= 0.3 is 5.97 Å². The highest BCUT2D eigenvalue weighted by Gasteiger charge is 2.42. The molecule has 9 nitrogen and oxygen atoms in total. The van der Waals surface area contributed by atoms with E-state index in [0.29, 0.717) is 26.1 Å². The Hall–Kier alpha value is -3.53. The number of carbonyl (C=O) groups is 2. The van der Waals surface area contributed by atoms with E-state index in [1.54, 1.807) is 24.5 Å². The number of nitrogens with two attached hydrogens (primary N) is 1. The molecular weight excluding hydrogens is 456 g/mol. The van der Waals surface area contributed by atoms with Crippen molar-refractivity contribution in [3.8, 4) is 0 Å². The lowest BCUT2D eigenvalue weighted by molar-refractivity contribution is -0.141. The molecule has 0 saturated carbocycles. The average Bonchev–Trinajstić information content (AvgIpc) is 2.91. The summed E-state index contributed by atoms with van der Waals surface area (Å²) in [5, 5.41) is 16.5. The summed E-state index contributed by atoms with van der Waals surface area (Å²) < 4.78 is 0. The number of carboxylic acids is 1. The minimum Gasteiger partial charge on any atom is -0.480 e. The summed E-state index contributed by atoms with van der Waals surface area (Å²) in [7, 11) is 0. The second kappa shape index (κ2) is 11.9. The van der Waals surface area contributed by atoms with Crippen LogP contribution in [0.25, 0.3) is 0 Å². The summed E-state index contributed by atoms with van der Waals surface area (Å²) in [6.07, 6.45) is 8.46. The van der Waals surface area contributed by atoms with Gasteiger partial charge in [0, 0.05) is 43.3 Å². The maximum atomic E-state index is 13.1. The molecule has 9 heteroatoms. The van der Waals surface area contributed by atoms with E-state index in [2.05, 4.69) is 31.7 Å². The number of carboxylic acid groups (broad SMARTS) is 1. The smallest absolute Gasteiger partial charge is 0.331 e. The van der Waals surface area contributed by atoms with Crippen molar-refractivity contribution in [1.29, 1.82) is 0 Å². The van der Waals surface area contributed by atoms with Crippen molar-refractivity contribution in [3.05, 3.63) is 89.3 Å². The molecule has 4 rings (SSSR count). The van der Waals surface area contributed by atoms with Crippen LogP contribution in [0.5, 0.6) is 0 Å². The number of hydrogen-bond acceptors (Lipinski definition) is 8. The van der Waals surface area contributed by atoms with E-state index in [1.165, 1.54) is 11.8 Å². The lowest BCUT2D eigenvalue weighted by Gasteiger charge is -2.26. The van der Waals surface area contributed by atoms with Crippen molar-refractivity contribution in [2.45, 2.75) is 56.8 Å². The Morgan fingerprint density at radius 2 is 1.83 bits per heavy atom. The second-order valence-corrected chi connectivity index (χ2v) is 9.12. The highest BCUT2D eigenvalue weighted by Crippen LogP contribution is 2.27. The zero-order valence-electron chi connectivity index (χ0n) is 20.2. The standard InChI is InChI=1S/C27H32N6O3/c28-27(26(35)36,12-5-15-31-23-9-3-6-19-7-4-14-32-24(19)23)25(34)20-10-11-22(33-16-20)18-29-17-21-8-1-2-13-30-21/h1-2,4,7-8,10-11,13-14,16,23,29,31H,3,5-6,9,12,15,17-18,28H2,(H,35,36)/t23?,27-/m0/s1. The summed E-state index contributed by atoms with van der Waals surface area (Å²) in [6, 6.07) is 13.2. The van der Waals surface area contributed by atoms with Crippen LogP contribution in [0.1, 0.15) is 64.7 Å². The second-order valence-electron chi connectivity index (χ2n) is 9.12. The summed E-state index contributed by atoms with van der Waals surface area (Å²) in [5.74, 6) is -1.97. The van der Waals surface area contributed by atoms with Crippen molar-refractivity contribution in [3.63, 3.8) is 0 Å². The van der Waals surface area contributed by atoms with Gasteiger partial charge in [0.25, 0.3) is 0 Å². The molecule has 1 unspecified atom stereocenters. The molecule has 36 heavy (non-hydrogen) atoms. The van der Waals surface area contributed by atoms with Gasteiger partial charge in [0.1, 0.15) is 0 Å². The molecule has 188 valence electrons. The number of aromatic nitrogens is 3. The molecule has 0 spiro atoms. The number of aliphatic carboxylic acids is 1. The number of fused-ring (bicyclic) bond motifs is 1. The lowest BCUT2D eigenvalue weighted by atomic mass is 9.86. The fourth-order valence-electron chi connectivity index (χ4n) is 4.51. The van der Waals surface area contributed by atoms with Crippen molar-refractivity contribution in [2.75, 3.05) is 6.54 Å². The van der Waals surface area contributed by atoms with Crippen LogP contribution in [0, 0.1) is 0 Å². The molecule has 5 N–H and O–H groups in total. The predicted molar refractivity (Wildman–Crippen MR) is 135 cm³/mol. The molecule has 0 aliphatic heterocycles. The fraction of sp³-hybridized carbons (Fsp3) is 0.370. The van der Waals surface area contributed by atoms with Crippen LogP contribution in [0.2, 0.25) is 0 Å². The highest BCUT2D eigenvalue weighted by atomic mass is 16.4. The molecular formula is C27H32N6O3. The third-order valence-electron chi connectivity index (χ3n) is 6.55. The van der Waals surface area contributed by atoms with Gasteiger partial charge in [-0.2, -0.15) is 0 Å². The molecule has 0 aromatic carbocycles. The Balaban J connectivity index is 1.30. The highest BCUT2D eigenvalue weighted by molar-refractivity contribution is 6.15. The van der Waals surface area contributed by atoms with Crippen LogP contribution < -0.4 is 16.4 Å². The number of aryl methyl sites for hydroxylation is 1. The van der Waals surface area contributed by atoms with Crippen LogP contribution in [-0.4, -0.2) is 43.9 Å². The molecule has 2 atom stereocenters. The minimum atomic E-state index is -2.01. The topological polar surface area (TPSA) is 143 Å². The largest absolute Gasteiger partial charge is 0.480 e. The van der Waals surface area contributed by atoms with Crippen LogP contribution in [0.15, 0.2) is 61.1 Å². The van der Waals surface area contributed by atoms with Gasteiger partial charge in [0.2, 0.25) is 0 Å². The first-order valence-corrected chi connectivity index (χ1v) is 12.3. The normalized spacial score (nSPS) is 16.6. The number of ketones is 1. The molecule has 0 bridgehead atoms. The zero-order chi connectivity index (χ0) is 25.4. The van der Waals surface area contributed by atoms with E-state index in [1.807, 2.05) is 24.3 Å². The van der Waals surface area contributed by atoms with E-state index in [-0.39, 0.29) is 18.0 Å². The Morgan fingerprint density at radius 1 is 1.03 bits per heavy atom. The summed E-state index contributed by atoms with van der Waals surface area (Å²) in [4.78, 5) is 38.2. The van der Waals surface area contributed by atoms with Gasteiger partial charge in [-0.05, 0) is 74.5 Å². The molecule has 0 amide bonds. The van der Waals surface area contributed by atoms with Gasteiger partial charge in [-0.1, -0.05) is 12.1 Å². The monoisotopic (exact) mass is 488 g/mol. The van der Waals surface area contributed by atoms with Crippen molar-refractivity contribution in [2.24, 2.45) is 5.73 Å². The molecule has 0 fully saturated rings. The molecule has 3 aromatic heterocycles. The number of rotatable bonds is 12. The van der Waals surface area contributed by atoms with Gasteiger partial charge < -0.3 is 21.5 Å². The quantitative estimate of drug-likeness (QED) is 0.172. The Morgan fingerprint density at radius 3 is 2.56 bits per heavy atom. The maximum Gasteiger partial charge on any atom is 0.331 e. The molecule has 1 aliphatic carbocycles. The van der Waals surface area contributed by atoms with Crippen molar-refractivity contribution in [1.82, 2.24) is 25.6 Å². The third kappa shape index (κ3) is 6.17. The number of Topliss-reactive ketones (excluding diaryl/α,β-unsaturated/α-hetero) is 1. The SMILES string of the molecule is N[C@](CCCNC1CCCc2cccnc21)(C(=O)O)C(=O)c1ccc(CNCc2ccccn2)nc1. The van der Waals surface area contributed by atoms with E-state index < -0.39 is 17.3 Å². The van der Waals surface area contributed by atoms with Gasteiger partial charge in [-0.15, -0.1) is 0 Å². The van der Waals surface area contributed by atoms with Gasteiger partial charge in [-0.3, -0.25) is 19.7 Å². The fourth-order valence-corrected chi connectivity index (χ4v) is 4.51. The first-order valence-electron chi connectivity index (χ1n) is 12.3. The summed E-state index contributed by atoms with van der Waals surface area (Å²) >= 11 is 0. The van der Waals surface area contributed by atoms with Gasteiger partial charge in [0.15, 0.2) is 11.3 Å². The molecule has 3 heterocycles. The lowest BCUT2D eigenvalue weighted by Crippen LogP contribution is -2.55. The first kappa shape index (κ1) is 25.6. The Kier molecular flexibility index (Phi) is 8.48. The van der Waals surface area contributed by atoms with Crippen LogP contribution >= 0.6 is 0 Å². The number of pyridine rings is 3. The number of nitrogens with zero attached hydrogens (tertiary/aromatic N) is 3. The van der Waals surface area contributed by atoms with Crippen molar-refractivity contribution >= 4 is 11.8 Å². The third-order valence-corrected chi connectivity index (χ3v) is 6.55. The Labute approximate surface area is 210 Å². The molecule has 1 aliphatic rings. The van der Waals surface area contributed by atoms with E-state index in [4.69, 9.17) is 5.73 Å². The number of carbonyl (C=O) groups excluding carboxylic acids is 1. The number of nitrogens with one attached hydrogen (secondary N) is 2. The molecule has 0 radical (unpaired) electrons. The predicted octanol–water partition coefficient (Wildman–Crippen LogP) is 2.57. The molecule has 0 saturated heterocycles. The summed E-state index contributed by atoms with van der Waals surface area (Å²) in [5.41, 5.74) is 8.28. The van der Waals surface area contributed by atoms with Crippen LogP contribution in [-0.2, 0) is 24.3 Å². The summed E-state index contributed by atoms with van der Waals surface area (Å²) in [6.45, 7) is 1.62. The Bertz CT molecular complexity index is 1170. The van der Waals surface area contributed by atoms with E-state index in [0.717, 1.165) is 36.3 Å². The number of hydrogen-bond donors (Lipinski definition) is 4. The van der Waals surface area contributed by atoms with Crippen molar-refractivity contribution < 1.29 is 14.7 Å². The van der Waals surface area contributed by atoms with Gasteiger partial charge in [-0.25, -0.2) is 4.79 Å². The first-order chi connectivity index (χ1) is 17.5. The maximum absolute atomic E-state index is 13.1. The van der Waals surface area contributed by atoms with E-state index in [9.17, 15) is 14.7 Å². The average molecular weight is 489 g/mol. The minimum absolute atomic E-state index is 0.0172. The zero-order valence-corrected chi connectivity index (χ0v) is 20.2. The van der Waals surface area contributed by atoms with Gasteiger partial charge in [0.05, 0.1) is 17.1 Å². The van der Waals surface area contributed by atoms with Crippen LogP contribution in [0.4, 0.5) is 0 Å².